The third-order valence-electron chi connectivity index (χ3n) is 2.37. The van der Waals surface area contributed by atoms with Crippen LogP contribution < -0.4 is 0 Å². The van der Waals surface area contributed by atoms with Crippen molar-refractivity contribution < 1.29 is 0 Å². The Labute approximate surface area is 108 Å². The molecule has 0 aliphatic carbocycles. The summed E-state index contributed by atoms with van der Waals surface area (Å²) in [5.41, 5.74) is 2.24. The van der Waals surface area contributed by atoms with Gasteiger partial charge in [-0.3, -0.25) is 0 Å². The lowest BCUT2D eigenvalue weighted by atomic mass is 9.93. The molecule has 2 aromatic rings. The van der Waals surface area contributed by atoms with Crippen LogP contribution >= 0.6 is 0 Å². The Morgan fingerprint density at radius 1 is 0.722 bits per heavy atom. The normalized spacial score (nSPS) is 11.9. The third-order valence-corrected chi connectivity index (χ3v) is 2.37. The van der Waals surface area contributed by atoms with Gasteiger partial charge in [0.2, 0.25) is 0 Å². The molecule has 0 radical (unpaired) electrons. The first kappa shape index (κ1) is 14.3. The summed E-state index contributed by atoms with van der Waals surface area (Å²) in [6.07, 6.45) is 3.50. The van der Waals surface area contributed by atoms with E-state index in [9.17, 15) is 0 Å². The van der Waals surface area contributed by atoms with Crippen LogP contribution in [0.25, 0.3) is 0 Å². The van der Waals surface area contributed by atoms with E-state index >= 15 is 0 Å². The summed E-state index contributed by atoms with van der Waals surface area (Å²) in [7, 11) is 0. The van der Waals surface area contributed by atoms with Gasteiger partial charge in [0.05, 0.1) is 23.8 Å². The van der Waals surface area contributed by atoms with Crippen molar-refractivity contribution in [2.45, 2.75) is 52.4 Å². The van der Waals surface area contributed by atoms with Crippen molar-refractivity contribution in [3.63, 3.8) is 0 Å². The van der Waals surface area contributed by atoms with Crippen molar-refractivity contribution in [1.82, 2.24) is 30.8 Å². The van der Waals surface area contributed by atoms with Crippen molar-refractivity contribution in [3.05, 3.63) is 23.8 Å². The van der Waals surface area contributed by atoms with Crippen molar-refractivity contribution in [1.29, 1.82) is 0 Å². The van der Waals surface area contributed by atoms with Gasteiger partial charge in [0.15, 0.2) is 0 Å². The van der Waals surface area contributed by atoms with Gasteiger partial charge in [-0.2, -0.15) is 30.8 Å². The van der Waals surface area contributed by atoms with E-state index in [1.54, 1.807) is 12.4 Å². The molecule has 2 rings (SSSR count). The topological polar surface area (TPSA) is 83.1 Å². The highest BCUT2D eigenvalue weighted by molar-refractivity contribution is 5.05. The predicted octanol–water partition coefficient (Wildman–Crippen LogP) is 2.20. The molecule has 0 saturated carbocycles. The van der Waals surface area contributed by atoms with Gasteiger partial charge in [-0.1, -0.05) is 41.5 Å². The van der Waals surface area contributed by atoms with Crippen LogP contribution in [-0.2, 0) is 10.8 Å². The van der Waals surface area contributed by atoms with Crippen LogP contribution in [-0.4, -0.2) is 30.8 Å². The minimum atomic E-state index is 0.118. The number of hydrogen-bond donors (Lipinski definition) is 2. The summed E-state index contributed by atoms with van der Waals surface area (Å²) in [4.78, 5) is 0. The van der Waals surface area contributed by atoms with Crippen molar-refractivity contribution in [3.8, 4) is 0 Å². The Bertz CT molecular complexity index is 386. The number of H-pyrrole nitrogens is 2. The quantitative estimate of drug-likeness (QED) is 0.751. The highest BCUT2D eigenvalue weighted by atomic mass is 15.3. The maximum Gasteiger partial charge on any atom is 0.0877 e. The van der Waals surface area contributed by atoms with Crippen LogP contribution in [0, 0.1) is 0 Å². The van der Waals surface area contributed by atoms with Gasteiger partial charge in [0.1, 0.15) is 0 Å². The molecule has 2 heterocycles. The minimum absolute atomic E-state index is 0.118. The number of nitrogens with one attached hydrogen (secondary N) is 2. The van der Waals surface area contributed by atoms with Gasteiger partial charge in [-0.15, -0.1) is 0 Å². The van der Waals surface area contributed by atoms with E-state index in [-0.39, 0.29) is 10.8 Å². The number of rotatable bonds is 0. The molecule has 0 bridgehead atoms. The molecule has 0 saturated heterocycles. The number of aromatic nitrogens is 6. The first-order chi connectivity index (χ1) is 8.21. The van der Waals surface area contributed by atoms with E-state index in [0.29, 0.717) is 0 Å². The molecule has 6 nitrogen and oxygen atoms in total. The largest absolute Gasteiger partial charge is 0.198 e. The molecule has 0 unspecified atom stereocenters. The summed E-state index contributed by atoms with van der Waals surface area (Å²) in [5, 5.41) is 20.5. The summed E-state index contributed by atoms with van der Waals surface area (Å²) >= 11 is 0. The lowest BCUT2D eigenvalue weighted by Gasteiger charge is -2.12. The lowest BCUT2D eigenvalue weighted by Crippen LogP contribution is -2.11. The van der Waals surface area contributed by atoms with Crippen LogP contribution in [0.1, 0.15) is 52.9 Å². The Hall–Kier alpha value is -1.72. The zero-order valence-corrected chi connectivity index (χ0v) is 11.9. The fourth-order valence-corrected chi connectivity index (χ4v) is 1.13. The molecule has 6 heteroatoms. The number of nitrogens with zero attached hydrogens (tertiary/aromatic N) is 4. The molecule has 0 amide bonds. The second kappa shape index (κ2) is 5.29. The van der Waals surface area contributed by atoms with Crippen LogP contribution in [0.4, 0.5) is 0 Å². The van der Waals surface area contributed by atoms with E-state index in [1.807, 2.05) is 0 Å². The van der Waals surface area contributed by atoms with Gasteiger partial charge in [-0.25, -0.2) is 0 Å². The Kier molecular flexibility index (Phi) is 4.21. The monoisotopic (exact) mass is 250 g/mol. The molecule has 0 fully saturated rings. The zero-order chi connectivity index (χ0) is 13.8. The van der Waals surface area contributed by atoms with Crippen LogP contribution in [0.2, 0.25) is 0 Å². The first-order valence-corrected chi connectivity index (χ1v) is 5.94. The average molecular weight is 250 g/mol. The molecule has 0 aliphatic rings. The molecule has 0 atom stereocenters. The fraction of sp³-hybridized carbons (Fsp3) is 0.667. The zero-order valence-electron chi connectivity index (χ0n) is 11.9. The molecular weight excluding hydrogens is 228 g/mol. The second-order valence-corrected chi connectivity index (χ2v) is 6.21. The minimum Gasteiger partial charge on any atom is -0.198 e. The van der Waals surface area contributed by atoms with Crippen LogP contribution in [0.3, 0.4) is 0 Å². The molecule has 0 aliphatic heterocycles. The van der Waals surface area contributed by atoms with Gasteiger partial charge in [-0.05, 0) is 0 Å². The Morgan fingerprint density at radius 3 is 1.17 bits per heavy atom. The summed E-state index contributed by atoms with van der Waals surface area (Å²) in [5.74, 6) is 0. The third kappa shape index (κ3) is 4.27. The molecule has 100 valence electrons. The first-order valence-electron chi connectivity index (χ1n) is 5.94. The van der Waals surface area contributed by atoms with E-state index in [2.05, 4.69) is 72.4 Å². The second-order valence-electron chi connectivity index (χ2n) is 6.21. The van der Waals surface area contributed by atoms with E-state index in [0.717, 1.165) is 11.4 Å². The molecule has 18 heavy (non-hydrogen) atoms. The van der Waals surface area contributed by atoms with E-state index in [4.69, 9.17) is 0 Å². The van der Waals surface area contributed by atoms with Gasteiger partial charge < -0.3 is 0 Å². The summed E-state index contributed by atoms with van der Waals surface area (Å²) < 4.78 is 0. The average Bonchev–Trinajstić information content (AvgIpc) is 2.91. The van der Waals surface area contributed by atoms with E-state index in [1.165, 1.54) is 0 Å². The van der Waals surface area contributed by atoms with Gasteiger partial charge in [0, 0.05) is 10.8 Å². The smallest absolute Gasteiger partial charge is 0.0877 e. The molecule has 0 spiro atoms. The standard InChI is InChI=1S/2C6H11N3/c2*1-6(2,3)5-4-7-9-8-5/h2*4H,1-3H3,(H,7,8,9). The Morgan fingerprint density at radius 2 is 1.06 bits per heavy atom. The SMILES string of the molecule is CC(C)(C)c1cn[nH]n1.CC(C)(C)c1cn[nH]n1. The van der Waals surface area contributed by atoms with Gasteiger partial charge >= 0.3 is 0 Å². The fourth-order valence-electron chi connectivity index (χ4n) is 1.13. The molecular formula is C12H22N6. The van der Waals surface area contributed by atoms with Crippen molar-refractivity contribution >= 4 is 0 Å². The number of hydrogen-bond acceptors (Lipinski definition) is 4. The molecule has 0 aromatic carbocycles. The highest BCUT2D eigenvalue weighted by Crippen LogP contribution is 2.17. The maximum atomic E-state index is 3.95. The predicted molar refractivity (Wildman–Crippen MR) is 70.2 cm³/mol. The summed E-state index contributed by atoms with van der Waals surface area (Å²) in [6.45, 7) is 12.6. The van der Waals surface area contributed by atoms with Crippen molar-refractivity contribution in [2.24, 2.45) is 0 Å². The maximum absolute atomic E-state index is 3.95. The molecule has 2 aromatic heterocycles. The van der Waals surface area contributed by atoms with Crippen molar-refractivity contribution in [2.75, 3.05) is 0 Å². The summed E-state index contributed by atoms with van der Waals surface area (Å²) in [6, 6.07) is 0. The highest BCUT2D eigenvalue weighted by Gasteiger charge is 2.16. The van der Waals surface area contributed by atoms with Crippen LogP contribution in [0.15, 0.2) is 12.4 Å². The number of aromatic amines is 2. The van der Waals surface area contributed by atoms with E-state index < -0.39 is 0 Å². The van der Waals surface area contributed by atoms with Gasteiger partial charge in [0.25, 0.3) is 0 Å². The van der Waals surface area contributed by atoms with Crippen LogP contribution in [0.5, 0.6) is 0 Å². The molecule has 2 N–H and O–H groups in total. The Balaban J connectivity index is 0.000000180. The lowest BCUT2D eigenvalue weighted by molar-refractivity contribution is 0.566.